The lowest BCUT2D eigenvalue weighted by Crippen LogP contribution is -2.42. The first-order valence-corrected chi connectivity index (χ1v) is 12.2. The number of carbonyl (C=O) groups excluding carboxylic acids is 1. The van der Waals surface area contributed by atoms with Crippen LogP contribution in [0.25, 0.3) is 0 Å². The highest BCUT2D eigenvalue weighted by atomic mass is 32.1. The second-order valence-corrected chi connectivity index (χ2v) is 9.30. The summed E-state index contributed by atoms with van der Waals surface area (Å²) >= 11 is 1.83. The van der Waals surface area contributed by atoms with E-state index in [0.29, 0.717) is 25.6 Å². The smallest absolute Gasteiger partial charge is 0.222 e. The SMILES string of the molecule is CN=C(NCc1cccc(CN2CCCC2=O)c1)NCC(c1cccs1)N1CCCC1. The van der Waals surface area contributed by atoms with Gasteiger partial charge in [0.05, 0.1) is 6.04 Å². The van der Waals surface area contributed by atoms with Crippen LogP contribution in [0.3, 0.4) is 0 Å². The summed E-state index contributed by atoms with van der Waals surface area (Å²) in [4.78, 5) is 22.3. The molecule has 0 spiro atoms. The molecular formula is C24H33N5OS. The van der Waals surface area contributed by atoms with E-state index in [1.165, 1.54) is 41.9 Å². The molecule has 0 aliphatic carbocycles. The highest BCUT2D eigenvalue weighted by Crippen LogP contribution is 2.27. The maximum atomic E-state index is 11.9. The first-order valence-electron chi connectivity index (χ1n) is 11.3. The predicted octanol–water partition coefficient (Wildman–Crippen LogP) is 3.37. The molecule has 0 saturated carbocycles. The number of guanidine groups is 1. The number of benzene rings is 1. The average molecular weight is 440 g/mol. The van der Waals surface area contributed by atoms with Gasteiger partial charge in [0.25, 0.3) is 0 Å². The summed E-state index contributed by atoms with van der Waals surface area (Å²) < 4.78 is 0. The van der Waals surface area contributed by atoms with Crippen LogP contribution in [0.2, 0.25) is 0 Å². The molecule has 0 bridgehead atoms. The molecule has 1 amide bonds. The van der Waals surface area contributed by atoms with Crippen molar-refractivity contribution in [1.29, 1.82) is 0 Å². The van der Waals surface area contributed by atoms with E-state index in [1.807, 2.05) is 23.3 Å². The molecule has 0 radical (unpaired) electrons. The Hall–Kier alpha value is -2.38. The molecule has 2 fully saturated rings. The van der Waals surface area contributed by atoms with Gasteiger partial charge in [-0.2, -0.15) is 0 Å². The molecule has 31 heavy (non-hydrogen) atoms. The van der Waals surface area contributed by atoms with Gasteiger partial charge in [0, 0.05) is 44.5 Å². The van der Waals surface area contributed by atoms with Gasteiger partial charge in [0.1, 0.15) is 0 Å². The monoisotopic (exact) mass is 439 g/mol. The topological polar surface area (TPSA) is 60.0 Å². The largest absolute Gasteiger partial charge is 0.354 e. The second-order valence-electron chi connectivity index (χ2n) is 8.32. The minimum absolute atomic E-state index is 0.270. The summed E-state index contributed by atoms with van der Waals surface area (Å²) in [5, 5.41) is 9.15. The summed E-state index contributed by atoms with van der Waals surface area (Å²) in [7, 11) is 1.82. The predicted molar refractivity (Wildman–Crippen MR) is 127 cm³/mol. The number of carbonyl (C=O) groups is 1. The number of hydrogen-bond donors (Lipinski definition) is 2. The average Bonchev–Trinajstić information content (AvgIpc) is 3.56. The zero-order valence-corrected chi connectivity index (χ0v) is 19.2. The minimum Gasteiger partial charge on any atom is -0.354 e. The van der Waals surface area contributed by atoms with E-state index in [4.69, 9.17) is 0 Å². The number of likely N-dealkylation sites (tertiary alicyclic amines) is 2. The fourth-order valence-corrected chi connectivity index (χ4v) is 5.33. The molecule has 6 nitrogen and oxygen atoms in total. The van der Waals surface area contributed by atoms with Gasteiger partial charge in [0.15, 0.2) is 5.96 Å². The quantitative estimate of drug-likeness (QED) is 0.489. The molecule has 166 valence electrons. The summed E-state index contributed by atoms with van der Waals surface area (Å²) in [6.07, 6.45) is 4.24. The molecule has 7 heteroatoms. The maximum Gasteiger partial charge on any atom is 0.222 e. The molecule has 2 aromatic rings. The van der Waals surface area contributed by atoms with Crippen molar-refractivity contribution in [3.63, 3.8) is 0 Å². The molecule has 2 aliphatic heterocycles. The zero-order chi connectivity index (χ0) is 21.5. The number of nitrogens with zero attached hydrogens (tertiary/aromatic N) is 3. The van der Waals surface area contributed by atoms with E-state index in [2.05, 4.69) is 62.3 Å². The second kappa shape index (κ2) is 10.8. The molecule has 1 aromatic carbocycles. The number of rotatable bonds is 8. The van der Waals surface area contributed by atoms with Gasteiger partial charge in [0.2, 0.25) is 5.91 Å². The first-order chi connectivity index (χ1) is 15.2. The summed E-state index contributed by atoms with van der Waals surface area (Å²) in [6.45, 7) is 5.47. The molecule has 4 rings (SSSR count). The van der Waals surface area contributed by atoms with Crippen molar-refractivity contribution in [2.75, 3.05) is 33.2 Å². The van der Waals surface area contributed by atoms with Crippen molar-refractivity contribution < 1.29 is 4.79 Å². The van der Waals surface area contributed by atoms with Crippen LogP contribution in [0, 0.1) is 0 Å². The van der Waals surface area contributed by atoms with Crippen LogP contribution < -0.4 is 10.6 Å². The van der Waals surface area contributed by atoms with Gasteiger partial charge in [-0.3, -0.25) is 14.7 Å². The van der Waals surface area contributed by atoms with E-state index in [9.17, 15) is 4.79 Å². The van der Waals surface area contributed by atoms with E-state index in [1.54, 1.807) is 0 Å². The third-order valence-electron chi connectivity index (χ3n) is 6.14. The molecule has 2 aliphatic rings. The van der Waals surface area contributed by atoms with Crippen LogP contribution in [-0.4, -0.2) is 54.9 Å². The highest BCUT2D eigenvalue weighted by molar-refractivity contribution is 7.10. The van der Waals surface area contributed by atoms with Gasteiger partial charge < -0.3 is 15.5 Å². The molecule has 1 unspecified atom stereocenters. The lowest BCUT2D eigenvalue weighted by molar-refractivity contribution is -0.128. The van der Waals surface area contributed by atoms with Crippen molar-refractivity contribution in [3.8, 4) is 0 Å². The molecule has 2 N–H and O–H groups in total. The van der Waals surface area contributed by atoms with E-state index >= 15 is 0 Å². The number of thiophene rings is 1. The minimum atomic E-state index is 0.270. The molecule has 3 heterocycles. The first kappa shape index (κ1) is 21.8. The van der Waals surface area contributed by atoms with Crippen LogP contribution in [0.15, 0.2) is 46.8 Å². The van der Waals surface area contributed by atoms with Gasteiger partial charge in [-0.05, 0) is 54.9 Å². The van der Waals surface area contributed by atoms with E-state index < -0.39 is 0 Å². The third kappa shape index (κ3) is 5.86. The Balaban J connectivity index is 1.31. The maximum absolute atomic E-state index is 11.9. The lowest BCUT2D eigenvalue weighted by Gasteiger charge is -2.27. The lowest BCUT2D eigenvalue weighted by atomic mass is 10.1. The van der Waals surface area contributed by atoms with Crippen LogP contribution in [0.1, 0.15) is 47.7 Å². The normalized spacial score (nSPS) is 18.5. The fraction of sp³-hybridized carbons (Fsp3) is 0.500. The Kier molecular flexibility index (Phi) is 7.59. The Morgan fingerprint density at radius 1 is 1.10 bits per heavy atom. The van der Waals surface area contributed by atoms with Gasteiger partial charge >= 0.3 is 0 Å². The molecule has 1 atom stereocenters. The molecule has 1 aromatic heterocycles. The van der Waals surface area contributed by atoms with Crippen LogP contribution >= 0.6 is 11.3 Å². The standard InChI is InChI=1S/C24H33N5OS/c1-25-24(27-17-21(22-9-6-14-31-22)28-11-2-3-12-28)26-16-19-7-4-8-20(15-19)18-29-13-5-10-23(29)30/h4,6-9,14-15,21H,2-3,5,10-13,16-18H2,1H3,(H2,25,26,27). The summed E-state index contributed by atoms with van der Waals surface area (Å²) in [5.41, 5.74) is 2.38. The Labute approximate surface area is 189 Å². The van der Waals surface area contributed by atoms with Crippen molar-refractivity contribution >= 4 is 23.2 Å². The summed E-state index contributed by atoms with van der Waals surface area (Å²) in [6, 6.07) is 13.2. The number of hydrogen-bond acceptors (Lipinski definition) is 4. The molecular weight excluding hydrogens is 406 g/mol. The van der Waals surface area contributed by atoms with Gasteiger partial charge in [-0.15, -0.1) is 11.3 Å². The van der Waals surface area contributed by atoms with Gasteiger partial charge in [-0.1, -0.05) is 30.3 Å². The Morgan fingerprint density at radius 2 is 1.94 bits per heavy atom. The van der Waals surface area contributed by atoms with Crippen LogP contribution in [0.5, 0.6) is 0 Å². The van der Waals surface area contributed by atoms with E-state index in [-0.39, 0.29) is 5.91 Å². The van der Waals surface area contributed by atoms with Crippen molar-refractivity contribution in [3.05, 3.63) is 57.8 Å². The Bertz CT molecular complexity index is 876. The van der Waals surface area contributed by atoms with E-state index in [0.717, 1.165) is 25.5 Å². The van der Waals surface area contributed by atoms with Crippen LogP contribution in [0.4, 0.5) is 0 Å². The number of nitrogens with one attached hydrogen (secondary N) is 2. The number of amides is 1. The molecule has 2 saturated heterocycles. The number of aliphatic imine (C=N–C) groups is 1. The van der Waals surface area contributed by atoms with Crippen LogP contribution in [-0.2, 0) is 17.9 Å². The van der Waals surface area contributed by atoms with Crippen molar-refractivity contribution in [1.82, 2.24) is 20.4 Å². The summed E-state index contributed by atoms with van der Waals surface area (Å²) in [5.74, 6) is 1.09. The van der Waals surface area contributed by atoms with Crippen molar-refractivity contribution in [2.24, 2.45) is 4.99 Å². The zero-order valence-electron chi connectivity index (χ0n) is 18.3. The van der Waals surface area contributed by atoms with Gasteiger partial charge in [-0.25, -0.2) is 0 Å². The third-order valence-corrected chi connectivity index (χ3v) is 7.11. The van der Waals surface area contributed by atoms with Crippen molar-refractivity contribution in [2.45, 2.75) is 44.8 Å². The Morgan fingerprint density at radius 3 is 2.65 bits per heavy atom. The highest BCUT2D eigenvalue weighted by Gasteiger charge is 2.24. The fourth-order valence-electron chi connectivity index (χ4n) is 4.47.